The van der Waals surface area contributed by atoms with Gasteiger partial charge in [-0.15, -0.1) is 0 Å². The quantitative estimate of drug-likeness (QED) is 0.822. The Morgan fingerprint density at radius 3 is 2.47 bits per heavy atom. The molecule has 0 saturated heterocycles. The van der Waals surface area contributed by atoms with E-state index in [9.17, 15) is 14.0 Å². The Hall–Kier alpha value is -2.11. The standard InChI is InChI=1S/C13H16FNO4/c1-13(2,12(17)18-3)7-19-8-4-5-9(11(15)16)10(14)6-8/h4-6H,7H2,1-3H3,(H2,15,16). The number of carbonyl (C=O) groups is 2. The first-order valence-electron chi connectivity index (χ1n) is 5.58. The van der Waals surface area contributed by atoms with Gasteiger partial charge in [-0.1, -0.05) is 0 Å². The second-order valence-corrected chi connectivity index (χ2v) is 4.67. The lowest BCUT2D eigenvalue weighted by Crippen LogP contribution is -2.32. The van der Waals surface area contributed by atoms with E-state index in [1.54, 1.807) is 13.8 Å². The fourth-order valence-electron chi connectivity index (χ4n) is 1.38. The molecule has 0 aliphatic heterocycles. The van der Waals surface area contributed by atoms with Crippen molar-refractivity contribution in [3.63, 3.8) is 0 Å². The molecule has 0 saturated carbocycles. The molecule has 5 nitrogen and oxygen atoms in total. The van der Waals surface area contributed by atoms with E-state index in [2.05, 4.69) is 4.74 Å². The highest BCUT2D eigenvalue weighted by Crippen LogP contribution is 2.22. The Bertz CT molecular complexity index is 499. The third-order valence-corrected chi connectivity index (χ3v) is 2.54. The van der Waals surface area contributed by atoms with Crippen LogP contribution in [0.25, 0.3) is 0 Å². The molecule has 104 valence electrons. The summed E-state index contributed by atoms with van der Waals surface area (Å²) in [6.45, 7) is 3.31. The number of primary amides is 1. The van der Waals surface area contributed by atoms with E-state index in [-0.39, 0.29) is 17.9 Å². The monoisotopic (exact) mass is 269 g/mol. The zero-order valence-electron chi connectivity index (χ0n) is 11.0. The summed E-state index contributed by atoms with van der Waals surface area (Å²) < 4.78 is 23.4. The molecule has 1 aromatic carbocycles. The van der Waals surface area contributed by atoms with Crippen molar-refractivity contribution >= 4 is 11.9 Å². The lowest BCUT2D eigenvalue weighted by molar-refractivity contribution is -0.152. The van der Waals surface area contributed by atoms with Crippen LogP contribution in [0.1, 0.15) is 24.2 Å². The van der Waals surface area contributed by atoms with Crippen molar-refractivity contribution in [2.24, 2.45) is 11.1 Å². The summed E-state index contributed by atoms with van der Waals surface area (Å²) >= 11 is 0. The van der Waals surface area contributed by atoms with E-state index >= 15 is 0 Å². The third-order valence-electron chi connectivity index (χ3n) is 2.54. The molecule has 2 N–H and O–H groups in total. The number of rotatable bonds is 5. The first kappa shape index (κ1) is 14.9. The molecule has 0 unspecified atom stereocenters. The Labute approximate surface area is 110 Å². The minimum atomic E-state index is -0.854. The summed E-state index contributed by atoms with van der Waals surface area (Å²) in [5, 5.41) is 0. The molecule has 1 aromatic rings. The number of ether oxygens (including phenoxy) is 2. The van der Waals surface area contributed by atoms with E-state index in [4.69, 9.17) is 10.5 Å². The first-order chi connectivity index (χ1) is 8.77. The Kier molecular flexibility index (Phi) is 4.47. The molecule has 0 heterocycles. The molecule has 0 spiro atoms. The molecule has 0 aliphatic rings. The van der Waals surface area contributed by atoms with E-state index in [0.29, 0.717) is 0 Å². The molecular weight excluding hydrogens is 253 g/mol. The number of halogens is 1. The summed E-state index contributed by atoms with van der Waals surface area (Å²) in [4.78, 5) is 22.3. The molecule has 0 aromatic heterocycles. The lowest BCUT2D eigenvalue weighted by atomic mass is 9.95. The predicted molar refractivity (Wildman–Crippen MR) is 66.2 cm³/mol. The number of benzene rings is 1. The highest BCUT2D eigenvalue weighted by atomic mass is 19.1. The molecule has 6 heteroatoms. The summed E-state index contributed by atoms with van der Waals surface area (Å²) in [6.07, 6.45) is 0. The van der Waals surface area contributed by atoms with Crippen LogP contribution in [0, 0.1) is 11.2 Å². The zero-order valence-corrected chi connectivity index (χ0v) is 11.0. The van der Waals surface area contributed by atoms with Crippen LogP contribution in [-0.2, 0) is 9.53 Å². The second kappa shape index (κ2) is 5.69. The predicted octanol–water partition coefficient (Wildman–Crippen LogP) is 1.50. The van der Waals surface area contributed by atoms with Crippen LogP contribution in [0.3, 0.4) is 0 Å². The van der Waals surface area contributed by atoms with Crippen LogP contribution >= 0.6 is 0 Å². The number of carbonyl (C=O) groups excluding carboxylic acids is 2. The van der Waals surface area contributed by atoms with Gasteiger partial charge in [0.2, 0.25) is 0 Å². The zero-order chi connectivity index (χ0) is 14.6. The minimum absolute atomic E-state index is 0.0228. The van der Waals surface area contributed by atoms with Crippen molar-refractivity contribution in [1.29, 1.82) is 0 Å². The Balaban J connectivity index is 2.77. The van der Waals surface area contributed by atoms with E-state index in [1.807, 2.05) is 0 Å². The molecule has 1 amide bonds. The van der Waals surface area contributed by atoms with E-state index in [0.717, 1.165) is 6.07 Å². The number of esters is 1. The van der Waals surface area contributed by atoms with Crippen molar-refractivity contribution in [3.8, 4) is 5.75 Å². The molecule has 0 bridgehead atoms. The molecule has 0 aliphatic carbocycles. The number of methoxy groups -OCH3 is 1. The van der Waals surface area contributed by atoms with Gasteiger partial charge in [-0.2, -0.15) is 0 Å². The van der Waals surface area contributed by atoms with Crippen molar-refractivity contribution in [2.75, 3.05) is 13.7 Å². The van der Waals surface area contributed by atoms with Crippen LogP contribution in [0.5, 0.6) is 5.75 Å². The molecular formula is C13H16FNO4. The van der Waals surface area contributed by atoms with Gasteiger partial charge in [0, 0.05) is 6.07 Å². The van der Waals surface area contributed by atoms with E-state index in [1.165, 1.54) is 19.2 Å². The van der Waals surface area contributed by atoms with E-state index < -0.39 is 23.1 Å². The Morgan fingerprint density at radius 2 is 2.00 bits per heavy atom. The van der Waals surface area contributed by atoms with Crippen LogP contribution in [0.4, 0.5) is 4.39 Å². The normalized spacial score (nSPS) is 10.9. The maximum atomic E-state index is 13.5. The molecule has 19 heavy (non-hydrogen) atoms. The third kappa shape index (κ3) is 3.67. The fraction of sp³-hybridized carbons (Fsp3) is 0.385. The van der Waals surface area contributed by atoms with Crippen LogP contribution in [0.2, 0.25) is 0 Å². The SMILES string of the molecule is COC(=O)C(C)(C)COc1ccc(C(N)=O)c(F)c1. The fourth-order valence-corrected chi connectivity index (χ4v) is 1.38. The smallest absolute Gasteiger partial charge is 0.314 e. The number of hydrogen-bond donors (Lipinski definition) is 1. The van der Waals surface area contributed by atoms with Gasteiger partial charge >= 0.3 is 5.97 Å². The molecule has 0 fully saturated rings. The maximum Gasteiger partial charge on any atom is 0.314 e. The van der Waals surface area contributed by atoms with Crippen molar-refractivity contribution in [2.45, 2.75) is 13.8 Å². The topological polar surface area (TPSA) is 78.6 Å². The van der Waals surface area contributed by atoms with Gasteiger partial charge in [0.15, 0.2) is 0 Å². The Morgan fingerprint density at radius 1 is 1.37 bits per heavy atom. The summed E-state index contributed by atoms with van der Waals surface area (Å²) in [5.74, 6) is -1.83. The average Bonchev–Trinajstić information content (AvgIpc) is 2.35. The summed E-state index contributed by atoms with van der Waals surface area (Å²) in [7, 11) is 1.28. The van der Waals surface area contributed by atoms with Gasteiger partial charge in [0.05, 0.1) is 18.1 Å². The summed E-state index contributed by atoms with van der Waals surface area (Å²) in [6, 6.07) is 3.70. The summed E-state index contributed by atoms with van der Waals surface area (Å²) in [5.41, 5.74) is 3.92. The number of hydrogen-bond acceptors (Lipinski definition) is 4. The van der Waals surface area contributed by atoms with Crippen molar-refractivity contribution in [1.82, 2.24) is 0 Å². The van der Waals surface area contributed by atoms with Gasteiger partial charge in [-0.3, -0.25) is 9.59 Å². The minimum Gasteiger partial charge on any atom is -0.492 e. The van der Waals surface area contributed by atoms with Crippen LogP contribution in [0.15, 0.2) is 18.2 Å². The van der Waals surface area contributed by atoms with Crippen LogP contribution in [-0.4, -0.2) is 25.6 Å². The second-order valence-electron chi connectivity index (χ2n) is 4.67. The van der Waals surface area contributed by atoms with Gasteiger partial charge in [0.25, 0.3) is 5.91 Å². The van der Waals surface area contributed by atoms with Crippen molar-refractivity contribution in [3.05, 3.63) is 29.6 Å². The van der Waals surface area contributed by atoms with Gasteiger partial charge in [0.1, 0.15) is 18.2 Å². The number of amides is 1. The maximum absolute atomic E-state index is 13.5. The highest BCUT2D eigenvalue weighted by molar-refractivity contribution is 5.93. The van der Waals surface area contributed by atoms with Gasteiger partial charge in [-0.25, -0.2) is 4.39 Å². The average molecular weight is 269 g/mol. The highest BCUT2D eigenvalue weighted by Gasteiger charge is 2.29. The lowest BCUT2D eigenvalue weighted by Gasteiger charge is -2.21. The largest absolute Gasteiger partial charge is 0.492 e. The van der Waals surface area contributed by atoms with Gasteiger partial charge < -0.3 is 15.2 Å². The first-order valence-corrected chi connectivity index (χ1v) is 5.58. The molecule has 0 radical (unpaired) electrons. The number of nitrogens with two attached hydrogens (primary N) is 1. The van der Waals surface area contributed by atoms with Crippen molar-refractivity contribution < 1.29 is 23.5 Å². The van der Waals surface area contributed by atoms with Gasteiger partial charge in [-0.05, 0) is 26.0 Å². The van der Waals surface area contributed by atoms with Crippen LogP contribution < -0.4 is 10.5 Å². The molecule has 1 rings (SSSR count). The molecule has 0 atom stereocenters.